The fourth-order valence-corrected chi connectivity index (χ4v) is 1.41. The van der Waals surface area contributed by atoms with Gasteiger partial charge in [0.1, 0.15) is 0 Å². The Morgan fingerprint density at radius 2 is 1.89 bits per heavy atom. The van der Waals surface area contributed by atoms with Gasteiger partial charge in [-0.25, -0.2) is 4.79 Å². The number of nitrogens with one attached hydrogen (secondary N) is 1. The fourth-order valence-electron chi connectivity index (χ4n) is 1.41. The minimum atomic E-state index is -1.83. The Hall–Kier alpha value is -1.63. The van der Waals surface area contributed by atoms with Gasteiger partial charge in [0, 0.05) is 13.0 Å². The van der Waals surface area contributed by atoms with E-state index in [0.717, 1.165) is 0 Å². The number of ether oxygens (including phenoxy) is 1. The summed E-state index contributed by atoms with van der Waals surface area (Å²) in [6, 6.07) is 0. The Balaban J connectivity index is 0.000000631. The van der Waals surface area contributed by atoms with Crippen molar-refractivity contribution in [2.45, 2.75) is 33.3 Å². The van der Waals surface area contributed by atoms with E-state index in [4.69, 9.17) is 19.7 Å². The maximum absolute atomic E-state index is 11.3. The smallest absolute Gasteiger partial charge is 0.450 e. The van der Waals surface area contributed by atoms with Gasteiger partial charge in [0.05, 0.1) is 12.0 Å². The molecule has 7 nitrogen and oxygen atoms in total. The van der Waals surface area contributed by atoms with E-state index in [9.17, 15) is 9.59 Å². The lowest BCUT2D eigenvalue weighted by Crippen LogP contribution is -2.30. The normalized spacial score (nSPS) is 20.1. The number of amides is 2. The lowest BCUT2D eigenvalue weighted by atomic mass is 10.0. The third-order valence-corrected chi connectivity index (χ3v) is 2.26. The van der Waals surface area contributed by atoms with Gasteiger partial charge in [0.25, 0.3) is 0 Å². The Labute approximate surface area is 105 Å². The summed E-state index contributed by atoms with van der Waals surface area (Å²) in [6.45, 7) is 6.56. The number of carbonyl (C=O) groups is 3. The van der Waals surface area contributed by atoms with Crippen LogP contribution >= 0.6 is 0 Å². The van der Waals surface area contributed by atoms with E-state index in [-0.39, 0.29) is 30.3 Å². The van der Waals surface area contributed by atoms with Gasteiger partial charge in [-0.3, -0.25) is 14.9 Å². The van der Waals surface area contributed by atoms with Crippen molar-refractivity contribution in [2.24, 2.45) is 11.8 Å². The second-order valence-electron chi connectivity index (χ2n) is 4.44. The van der Waals surface area contributed by atoms with Crippen LogP contribution in [0.2, 0.25) is 0 Å². The van der Waals surface area contributed by atoms with Crippen molar-refractivity contribution in [2.75, 3.05) is 6.61 Å². The Morgan fingerprint density at radius 3 is 2.22 bits per heavy atom. The van der Waals surface area contributed by atoms with Crippen LogP contribution < -0.4 is 5.32 Å². The highest BCUT2D eigenvalue weighted by molar-refractivity contribution is 6.03. The van der Waals surface area contributed by atoms with Crippen LogP contribution in [0.1, 0.15) is 27.2 Å². The number of hydrogen-bond donors (Lipinski definition) is 3. The molecule has 2 atom stereocenters. The highest BCUT2D eigenvalue weighted by Crippen LogP contribution is 2.18. The van der Waals surface area contributed by atoms with Crippen LogP contribution in [0, 0.1) is 11.8 Å². The molecule has 1 rings (SSSR count). The van der Waals surface area contributed by atoms with Gasteiger partial charge in [-0.05, 0) is 12.8 Å². The zero-order chi connectivity index (χ0) is 14.3. The van der Waals surface area contributed by atoms with Gasteiger partial charge in [-0.2, -0.15) is 0 Å². The monoisotopic (exact) mass is 261 g/mol. The molecule has 0 spiro atoms. The second-order valence-corrected chi connectivity index (χ2v) is 4.44. The number of carbonyl (C=O) groups excluding carboxylic acids is 2. The van der Waals surface area contributed by atoms with Gasteiger partial charge in [0.2, 0.25) is 11.8 Å². The average molecular weight is 261 g/mol. The first-order chi connectivity index (χ1) is 8.23. The fraction of sp³-hybridized carbons (Fsp3) is 0.727. The van der Waals surface area contributed by atoms with E-state index in [1.807, 2.05) is 20.8 Å². The molecule has 0 aromatic rings. The number of hydrogen-bond acceptors (Lipinski definition) is 4. The van der Waals surface area contributed by atoms with E-state index < -0.39 is 6.16 Å². The SMILES string of the molecule is CC(C)COC(C)C1CC(=O)NC1=O.O=C(O)O. The van der Waals surface area contributed by atoms with E-state index in [1.54, 1.807) is 0 Å². The van der Waals surface area contributed by atoms with E-state index >= 15 is 0 Å². The van der Waals surface area contributed by atoms with E-state index in [1.165, 1.54) is 0 Å². The Morgan fingerprint density at radius 1 is 1.39 bits per heavy atom. The summed E-state index contributed by atoms with van der Waals surface area (Å²) in [4.78, 5) is 30.7. The van der Waals surface area contributed by atoms with Crippen LogP contribution in [0.5, 0.6) is 0 Å². The third kappa shape index (κ3) is 6.85. The van der Waals surface area contributed by atoms with Gasteiger partial charge >= 0.3 is 6.16 Å². The van der Waals surface area contributed by atoms with Crippen LogP contribution in [0.3, 0.4) is 0 Å². The van der Waals surface area contributed by atoms with Crippen molar-refractivity contribution in [3.8, 4) is 0 Å². The predicted octanol–water partition coefficient (Wildman–Crippen LogP) is 0.933. The summed E-state index contributed by atoms with van der Waals surface area (Å²) in [5.41, 5.74) is 0. The first kappa shape index (κ1) is 16.4. The molecule has 0 saturated carbocycles. The Bertz CT molecular complexity index is 311. The predicted molar refractivity (Wildman–Crippen MR) is 62.2 cm³/mol. The van der Waals surface area contributed by atoms with Gasteiger partial charge in [-0.15, -0.1) is 0 Å². The average Bonchev–Trinajstić information content (AvgIpc) is 2.53. The molecule has 0 aromatic heterocycles. The van der Waals surface area contributed by atoms with Crippen molar-refractivity contribution >= 4 is 18.0 Å². The molecule has 1 aliphatic heterocycles. The van der Waals surface area contributed by atoms with Gasteiger partial charge in [0.15, 0.2) is 0 Å². The minimum absolute atomic E-state index is 0.177. The second kappa shape index (κ2) is 7.65. The van der Waals surface area contributed by atoms with Crippen LogP contribution in [-0.4, -0.2) is 40.9 Å². The minimum Gasteiger partial charge on any atom is -0.450 e. The lowest BCUT2D eigenvalue weighted by Gasteiger charge is -2.18. The molecule has 0 aliphatic carbocycles. The van der Waals surface area contributed by atoms with Crippen molar-refractivity contribution in [1.29, 1.82) is 0 Å². The van der Waals surface area contributed by atoms with Crippen molar-refractivity contribution in [3.63, 3.8) is 0 Å². The zero-order valence-corrected chi connectivity index (χ0v) is 10.7. The standard InChI is InChI=1S/C10H17NO3.CH2O3/c1-6(2)5-14-7(3)8-4-9(12)11-10(8)13;2-1(3)4/h6-8H,4-5H2,1-3H3,(H,11,12,13);(H2,2,3,4). The highest BCUT2D eigenvalue weighted by atomic mass is 16.6. The largest absolute Gasteiger partial charge is 0.503 e. The molecule has 0 aromatic carbocycles. The summed E-state index contributed by atoms with van der Waals surface area (Å²) in [5, 5.41) is 16.2. The maximum atomic E-state index is 11.3. The molecule has 0 bridgehead atoms. The molecule has 1 fully saturated rings. The molecule has 1 saturated heterocycles. The summed E-state index contributed by atoms with van der Waals surface area (Å²) < 4.78 is 5.49. The highest BCUT2D eigenvalue weighted by Gasteiger charge is 2.35. The topological polar surface area (TPSA) is 113 Å². The van der Waals surface area contributed by atoms with Crippen LogP contribution in [0.4, 0.5) is 4.79 Å². The van der Waals surface area contributed by atoms with Crippen molar-refractivity contribution < 1.29 is 29.3 Å². The number of rotatable bonds is 4. The first-order valence-corrected chi connectivity index (χ1v) is 5.61. The molecular formula is C11H19NO6. The van der Waals surface area contributed by atoms with Crippen LogP contribution in [0.25, 0.3) is 0 Å². The third-order valence-electron chi connectivity index (χ3n) is 2.26. The Kier molecular flexibility index (Phi) is 6.96. The van der Waals surface area contributed by atoms with Crippen molar-refractivity contribution in [1.82, 2.24) is 5.32 Å². The van der Waals surface area contributed by atoms with Gasteiger partial charge in [-0.1, -0.05) is 13.8 Å². The molecule has 2 unspecified atom stereocenters. The molecule has 104 valence electrons. The molecule has 3 N–H and O–H groups in total. The molecular weight excluding hydrogens is 242 g/mol. The van der Waals surface area contributed by atoms with E-state index in [0.29, 0.717) is 12.5 Å². The molecule has 1 heterocycles. The number of carboxylic acid groups (broad SMARTS) is 2. The van der Waals surface area contributed by atoms with Crippen LogP contribution in [0.15, 0.2) is 0 Å². The quantitative estimate of drug-likeness (QED) is 0.649. The summed E-state index contributed by atoms with van der Waals surface area (Å²) in [5.74, 6) is -0.259. The summed E-state index contributed by atoms with van der Waals surface area (Å²) in [7, 11) is 0. The van der Waals surface area contributed by atoms with Crippen molar-refractivity contribution in [3.05, 3.63) is 0 Å². The number of imide groups is 1. The molecule has 0 radical (unpaired) electrons. The summed E-state index contributed by atoms with van der Waals surface area (Å²) in [6.07, 6.45) is -1.75. The molecule has 18 heavy (non-hydrogen) atoms. The molecule has 2 amide bonds. The lowest BCUT2D eigenvalue weighted by molar-refractivity contribution is -0.128. The first-order valence-electron chi connectivity index (χ1n) is 5.61. The van der Waals surface area contributed by atoms with Gasteiger partial charge < -0.3 is 14.9 Å². The maximum Gasteiger partial charge on any atom is 0.503 e. The summed E-state index contributed by atoms with van der Waals surface area (Å²) >= 11 is 0. The molecule has 1 aliphatic rings. The van der Waals surface area contributed by atoms with Crippen LogP contribution in [-0.2, 0) is 14.3 Å². The van der Waals surface area contributed by atoms with E-state index in [2.05, 4.69) is 5.32 Å². The molecule has 7 heteroatoms. The zero-order valence-electron chi connectivity index (χ0n) is 10.7.